The first-order valence-corrected chi connectivity index (χ1v) is 5.73. The molecule has 0 aliphatic rings. The highest BCUT2D eigenvalue weighted by atomic mass is 16.6. The third-order valence-corrected chi connectivity index (χ3v) is 2.32. The molecule has 100 valence electrons. The summed E-state index contributed by atoms with van der Waals surface area (Å²) in [5.74, 6) is 0.479. The molecule has 5 nitrogen and oxygen atoms in total. The van der Waals surface area contributed by atoms with Gasteiger partial charge in [-0.25, -0.2) is 4.79 Å². The zero-order valence-corrected chi connectivity index (χ0v) is 10.8. The number of rotatable bonds is 6. The summed E-state index contributed by atoms with van der Waals surface area (Å²) in [6, 6.07) is 5.04. The Kier molecular flexibility index (Phi) is 5.45. The van der Waals surface area contributed by atoms with Crippen LogP contribution in [0.3, 0.4) is 0 Å². The van der Waals surface area contributed by atoms with Crippen LogP contribution in [-0.4, -0.2) is 31.4 Å². The predicted octanol–water partition coefficient (Wildman–Crippen LogP) is 1.69. The third kappa shape index (κ3) is 3.92. The van der Waals surface area contributed by atoms with E-state index in [2.05, 4.69) is 0 Å². The lowest BCUT2D eigenvalue weighted by atomic mass is 10.1. The Labute approximate surface area is 106 Å². The molecular weight excluding hydrogens is 236 g/mol. The van der Waals surface area contributed by atoms with Gasteiger partial charge >= 0.3 is 5.97 Å². The SMILES string of the molecule is CCOC(=O)COc1ccc(C(C)O)cc1OC. The third-order valence-electron chi connectivity index (χ3n) is 2.32. The van der Waals surface area contributed by atoms with Crippen molar-refractivity contribution in [3.05, 3.63) is 23.8 Å². The van der Waals surface area contributed by atoms with E-state index in [0.717, 1.165) is 5.56 Å². The number of esters is 1. The van der Waals surface area contributed by atoms with E-state index in [-0.39, 0.29) is 6.61 Å². The molecular formula is C13H18O5. The highest BCUT2D eigenvalue weighted by Gasteiger charge is 2.10. The molecule has 1 aromatic carbocycles. The molecule has 1 aromatic rings. The van der Waals surface area contributed by atoms with Crippen molar-refractivity contribution in [2.24, 2.45) is 0 Å². The van der Waals surface area contributed by atoms with E-state index >= 15 is 0 Å². The predicted molar refractivity (Wildman–Crippen MR) is 65.8 cm³/mol. The highest BCUT2D eigenvalue weighted by Crippen LogP contribution is 2.30. The molecule has 5 heteroatoms. The second-order valence-electron chi connectivity index (χ2n) is 3.68. The molecule has 0 saturated heterocycles. The number of carbonyl (C=O) groups is 1. The molecule has 0 aliphatic carbocycles. The van der Waals surface area contributed by atoms with Crippen LogP contribution in [0.25, 0.3) is 0 Å². The van der Waals surface area contributed by atoms with Crippen LogP contribution in [0, 0.1) is 0 Å². The minimum Gasteiger partial charge on any atom is -0.493 e. The number of aliphatic hydroxyl groups excluding tert-OH is 1. The lowest BCUT2D eigenvalue weighted by molar-refractivity contribution is -0.145. The minimum atomic E-state index is -0.585. The van der Waals surface area contributed by atoms with Crippen LogP contribution < -0.4 is 9.47 Å². The summed E-state index contributed by atoms with van der Waals surface area (Å²) >= 11 is 0. The monoisotopic (exact) mass is 254 g/mol. The first-order valence-electron chi connectivity index (χ1n) is 5.73. The Bertz CT molecular complexity index is 400. The van der Waals surface area contributed by atoms with Crippen molar-refractivity contribution in [3.8, 4) is 11.5 Å². The van der Waals surface area contributed by atoms with Gasteiger partial charge < -0.3 is 19.3 Å². The summed E-state index contributed by atoms with van der Waals surface area (Å²) in [4.78, 5) is 11.2. The molecule has 1 N–H and O–H groups in total. The number of hydrogen-bond donors (Lipinski definition) is 1. The second-order valence-corrected chi connectivity index (χ2v) is 3.68. The molecule has 1 atom stereocenters. The van der Waals surface area contributed by atoms with Gasteiger partial charge in [0.15, 0.2) is 18.1 Å². The zero-order valence-electron chi connectivity index (χ0n) is 10.8. The van der Waals surface area contributed by atoms with Crippen LogP contribution in [0.5, 0.6) is 11.5 Å². The number of benzene rings is 1. The Morgan fingerprint density at radius 2 is 2.11 bits per heavy atom. The van der Waals surface area contributed by atoms with Gasteiger partial charge in [-0.05, 0) is 31.5 Å². The summed E-state index contributed by atoms with van der Waals surface area (Å²) < 4.78 is 15.2. The molecule has 18 heavy (non-hydrogen) atoms. The smallest absolute Gasteiger partial charge is 0.344 e. The molecule has 0 aliphatic heterocycles. The average Bonchev–Trinajstić information content (AvgIpc) is 2.36. The van der Waals surface area contributed by atoms with Crippen molar-refractivity contribution in [3.63, 3.8) is 0 Å². The van der Waals surface area contributed by atoms with Crippen molar-refractivity contribution in [2.75, 3.05) is 20.3 Å². The maximum atomic E-state index is 11.2. The quantitative estimate of drug-likeness (QED) is 0.782. The van der Waals surface area contributed by atoms with E-state index in [9.17, 15) is 9.90 Å². The number of aliphatic hydroxyl groups is 1. The second kappa shape index (κ2) is 6.86. The van der Waals surface area contributed by atoms with E-state index in [0.29, 0.717) is 18.1 Å². The fraction of sp³-hybridized carbons (Fsp3) is 0.462. The van der Waals surface area contributed by atoms with Gasteiger partial charge in [-0.1, -0.05) is 6.07 Å². The van der Waals surface area contributed by atoms with E-state index in [1.807, 2.05) is 0 Å². The average molecular weight is 254 g/mol. The summed E-state index contributed by atoms with van der Waals surface area (Å²) in [6.07, 6.45) is -0.585. The molecule has 0 spiro atoms. The summed E-state index contributed by atoms with van der Waals surface area (Å²) in [5.41, 5.74) is 0.718. The lowest BCUT2D eigenvalue weighted by Gasteiger charge is -2.12. The van der Waals surface area contributed by atoms with Gasteiger partial charge in [0.2, 0.25) is 0 Å². The maximum Gasteiger partial charge on any atom is 0.344 e. The fourth-order valence-corrected chi connectivity index (χ4v) is 1.40. The van der Waals surface area contributed by atoms with Crippen molar-refractivity contribution in [2.45, 2.75) is 20.0 Å². The maximum absolute atomic E-state index is 11.2. The van der Waals surface area contributed by atoms with Gasteiger partial charge in [0.1, 0.15) is 0 Å². The fourth-order valence-electron chi connectivity index (χ4n) is 1.40. The van der Waals surface area contributed by atoms with Crippen LogP contribution >= 0.6 is 0 Å². The van der Waals surface area contributed by atoms with Gasteiger partial charge in [0, 0.05) is 0 Å². The highest BCUT2D eigenvalue weighted by molar-refractivity contribution is 5.71. The van der Waals surface area contributed by atoms with Crippen LogP contribution in [0.4, 0.5) is 0 Å². The van der Waals surface area contributed by atoms with E-state index in [4.69, 9.17) is 14.2 Å². The molecule has 0 amide bonds. The van der Waals surface area contributed by atoms with Gasteiger partial charge in [0.05, 0.1) is 19.8 Å². The molecule has 1 rings (SSSR count). The number of carbonyl (C=O) groups excluding carboxylic acids is 1. The van der Waals surface area contributed by atoms with Gasteiger partial charge in [-0.2, -0.15) is 0 Å². The largest absolute Gasteiger partial charge is 0.493 e. The Hall–Kier alpha value is -1.75. The number of hydrogen-bond acceptors (Lipinski definition) is 5. The van der Waals surface area contributed by atoms with Crippen molar-refractivity contribution < 1.29 is 24.1 Å². The van der Waals surface area contributed by atoms with E-state index in [1.54, 1.807) is 32.0 Å². The summed E-state index contributed by atoms with van der Waals surface area (Å²) in [6.45, 7) is 3.54. The van der Waals surface area contributed by atoms with Crippen LogP contribution in [-0.2, 0) is 9.53 Å². The summed E-state index contributed by atoms with van der Waals surface area (Å²) in [5, 5.41) is 9.45. The van der Waals surface area contributed by atoms with Gasteiger partial charge in [-0.15, -0.1) is 0 Å². The van der Waals surface area contributed by atoms with Crippen molar-refractivity contribution in [1.82, 2.24) is 0 Å². The minimum absolute atomic E-state index is 0.168. The first kappa shape index (κ1) is 14.3. The Balaban J connectivity index is 2.73. The van der Waals surface area contributed by atoms with Crippen LogP contribution in [0.2, 0.25) is 0 Å². The topological polar surface area (TPSA) is 65.0 Å². The van der Waals surface area contributed by atoms with Gasteiger partial charge in [0.25, 0.3) is 0 Å². The van der Waals surface area contributed by atoms with E-state index in [1.165, 1.54) is 7.11 Å². The molecule has 0 heterocycles. The van der Waals surface area contributed by atoms with Crippen LogP contribution in [0.15, 0.2) is 18.2 Å². The Morgan fingerprint density at radius 1 is 1.39 bits per heavy atom. The van der Waals surface area contributed by atoms with Crippen molar-refractivity contribution >= 4 is 5.97 Å². The zero-order chi connectivity index (χ0) is 13.5. The number of ether oxygens (including phenoxy) is 3. The molecule has 0 fully saturated rings. The molecule has 1 unspecified atom stereocenters. The Morgan fingerprint density at radius 3 is 2.67 bits per heavy atom. The molecule has 0 radical (unpaired) electrons. The lowest BCUT2D eigenvalue weighted by Crippen LogP contribution is -2.15. The molecule has 0 aromatic heterocycles. The molecule has 0 bridgehead atoms. The first-order chi connectivity index (χ1) is 8.58. The van der Waals surface area contributed by atoms with Crippen molar-refractivity contribution in [1.29, 1.82) is 0 Å². The van der Waals surface area contributed by atoms with Crippen LogP contribution in [0.1, 0.15) is 25.5 Å². The number of methoxy groups -OCH3 is 1. The van der Waals surface area contributed by atoms with E-state index < -0.39 is 12.1 Å². The summed E-state index contributed by atoms with van der Waals surface area (Å²) in [7, 11) is 1.50. The molecule has 0 saturated carbocycles. The standard InChI is InChI=1S/C13H18O5/c1-4-17-13(15)8-18-11-6-5-10(9(2)14)7-12(11)16-3/h5-7,9,14H,4,8H2,1-3H3. The van der Waals surface area contributed by atoms with Gasteiger partial charge in [-0.3, -0.25) is 0 Å². The normalized spacial score (nSPS) is 11.8.